The molecular weight excluding hydrogens is 146 g/mol. The second kappa shape index (κ2) is 3.16. The minimum atomic E-state index is -0.293. The number of hydrogen-bond acceptors (Lipinski definition) is 4. The first-order valence-electron chi connectivity index (χ1n) is 3.13. The number of carbonyl (C=O) groups is 1. The molecule has 0 aliphatic rings. The minimum absolute atomic E-state index is 0.293. The van der Waals surface area contributed by atoms with Gasteiger partial charge in [-0.25, -0.2) is 10.4 Å². The van der Waals surface area contributed by atoms with Gasteiger partial charge in [-0.15, -0.1) is 0 Å². The number of hydrazine groups is 1. The third-order valence-corrected chi connectivity index (χ3v) is 1.20. The van der Waals surface area contributed by atoms with Gasteiger partial charge >= 0.3 is 0 Å². The summed E-state index contributed by atoms with van der Waals surface area (Å²) < 4.78 is 4.83. The van der Waals surface area contributed by atoms with Crippen LogP contribution in [0.1, 0.15) is 16.2 Å². The van der Waals surface area contributed by atoms with Crippen LogP contribution in [0.3, 0.4) is 0 Å². The standard InChI is InChI=1S/C6H9N3O2/c1-4-5(8-3-11-4)6(10)9-7-2/h3,7H,1-2H3,(H,9,10). The van der Waals surface area contributed by atoms with E-state index < -0.39 is 0 Å². The van der Waals surface area contributed by atoms with E-state index in [1.165, 1.54) is 6.39 Å². The zero-order chi connectivity index (χ0) is 8.27. The average Bonchev–Trinajstić information content (AvgIpc) is 2.36. The zero-order valence-electron chi connectivity index (χ0n) is 6.34. The van der Waals surface area contributed by atoms with Gasteiger partial charge in [-0.3, -0.25) is 10.2 Å². The van der Waals surface area contributed by atoms with Gasteiger partial charge in [0.15, 0.2) is 12.1 Å². The molecule has 0 saturated carbocycles. The summed E-state index contributed by atoms with van der Waals surface area (Å²) in [4.78, 5) is 14.7. The van der Waals surface area contributed by atoms with Crippen molar-refractivity contribution in [3.05, 3.63) is 17.8 Å². The van der Waals surface area contributed by atoms with Gasteiger partial charge in [-0.05, 0) is 6.92 Å². The highest BCUT2D eigenvalue weighted by Crippen LogP contribution is 2.02. The quantitative estimate of drug-likeness (QED) is 0.583. The van der Waals surface area contributed by atoms with E-state index in [1.54, 1.807) is 14.0 Å². The summed E-state index contributed by atoms with van der Waals surface area (Å²) in [7, 11) is 1.60. The molecular formula is C6H9N3O2. The van der Waals surface area contributed by atoms with E-state index >= 15 is 0 Å². The highest BCUT2D eigenvalue weighted by atomic mass is 16.3. The van der Waals surface area contributed by atoms with Crippen molar-refractivity contribution >= 4 is 5.91 Å². The Balaban J connectivity index is 2.76. The molecule has 1 aromatic rings. The number of nitrogens with one attached hydrogen (secondary N) is 2. The molecule has 0 atom stereocenters. The molecule has 5 heteroatoms. The van der Waals surface area contributed by atoms with Crippen LogP contribution in [0.15, 0.2) is 10.8 Å². The van der Waals surface area contributed by atoms with Crippen LogP contribution in [0.2, 0.25) is 0 Å². The summed E-state index contributed by atoms with van der Waals surface area (Å²) in [6.07, 6.45) is 1.24. The molecule has 0 aromatic carbocycles. The van der Waals surface area contributed by atoms with Crippen LogP contribution in [-0.2, 0) is 0 Å². The lowest BCUT2D eigenvalue weighted by atomic mass is 10.3. The molecule has 0 aliphatic carbocycles. The smallest absolute Gasteiger partial charge is 0.287 e. The van der Waals surface area contributed by atoms with Crippen molar-refractivity contribution in [3.63, 3.8) is 0 Å². The highest BCUT2D eigenvalue weighted by Gasteiger charge is 2.11. The molecule has 0 radical (unpaired) electrons. The molecule has 2 N–H and O–H groups in total. The molecule has 1 heterocycles. The summed E-state index contributed by atoms with van der Waals surface area (Å²) in [5.74, 6) is 0.219. The Morgan fingerprint density at radius 1 is 1.73 bits per heavy atom. The van der Waals surface area contributed by atoms with E-state index in [9.17, 15) is 4.79 Å². The largest absolute Gasteiger partial charge is 0.448 e. The Bertz CT molecular complexity index is 256. The third kappa shape index (κ3) is 1.56. The van der Waals surface area contributed by atoms with Crippen LogP contribution in [0.5, 0.6) is 0 Å². The Kier molecular flexibility index (Phi) is 2.22. The first-order valence-corrected chi connectivity index (χ1v) is 3.13. The fourth-order valence-corrected chi connectivity index (χ4v) is 0.696. The first-order chi connectivity index (χ1) is 5.25. The molecule has 0 bridgehead atoms. The molecule has 5 nitrogen and oxygen atoms in total. The van der Waals surface area contributed by atoms with Crippen molar-refractivity contribution in [2.24, 2.45) is 0 Å². The summed E-state index contributed by atoms with van der Waals surface area (Å²) >= 11 is 0. The Morgan fingerprint density at radius 3 is 2.91 bits per heavy atom. The predicted octanol–water partition coefficient (Wildman–Crippen LogP) is -0.153. The van der Waals surface area contributed by atoms with E-state index in [0.717, 1.165) is 0 Å². The van der Waals surface area contributed by atoms with Gasteiger partial charge in [0.2, 0.25) is 0 Å². The second-order valence-electron chi connectivity index (χ2n) is 1.96. The van der Waals surface area contributed by atoms with Gasteiger partial charge in [0.05, 0.1) is 0 Å². The van der Waals surface area contributed by atoms with Crippen molar-refractivity contribution in [2.75, 3.05) is 7.05 Å². The molecule has 1 rings (SSSR count). The van der Waals surface area contributed by atoms with Gasteiger partial charge in [-0.2, -0.15) is 0 Å². The van der Waals surface area contributed by atoms with Crippen molar-refractivity contribution in [1.82, 2.24) is 15.8 Å². The molecule has 0 aliphatic heterocycles. The maximum atomic E-state index is 11.0. The summed E-state index contributed by atoms with van der Waals surface area (Å²) in [6.45, 7) is 1.68. The zero-order valence-corrected chi connectivity index (χ0v) is 6.34. The molecule has 1 aromatic heterocycles. The Labute approximate surface area is 63.8 Å². The number of oxazole rings is 1. The van der Waals surface area contributed by atoms with Gasteiger partial charge in [-0.1, -0.05) is 0 Å². The van der Waals surface area contributed by atoms with Crippen LogP contribution in [0, 0.1) is 6.92 Å². The predicted molar refractivity (Wildman–Crippen MR) is 37.8 cm³/mol. The topological polar surface area (TPSA) is 67.2 Å². The van der Waals surface area contributed by atoms with Crippen LogP contribution in [0.25, 0.3) is 0 Å². The molecule has 60 valence electrons. The number of hydrogen-bond donors (Lipinski definition) is 2. The van der Waals surface area contributed by atoms with Crippen molar-refractivity contribution in [3.8, 4) is 0 Å². The van der Waals surface area contributed by atoms with Gasteiger partial charge in [0.1, 0.15) is 5.76 Å². The van der Waals surface area contributed by atoms with Gasteiger partial charge < -0.3 is 4.42 Å². The molecule has 0 spiro atoms. The van der Waals surface area contributed by atoms with E-state index in [-0.39, 0.29) is 5.91 Å². The summed E-state index contributed by atoms with van der Waals surface area (Å²) in [6, 6.07) is 0. The van der Waals surface area contributed by atoms with Crippen LogP contribution in [0.4, 0.5) is 0 Å². The van der Waals surface area contributed by atoms with Gasteiger partial charge in [0, 0.05) is 7.05 Å². The van der Waals surface area contributed by atoms with Crippen LogP contribution >= 0.6 is 0 Å². The average molecular weight is 155 g/mol. The number of carbonyl (C=O) groups excluding carboxylic acids is 1. The van der Waals surface area contributed by atoms with Gasteiger partial charge in [0.25, 0.3) is 5.91 Å². The summed E-state index contributed by atoms with van der Waals surface area (Å²) in [5.41, 5.74) is 5.18. The number of nitrogens with zero attached hydrogens (tertiary/aromatic N) is 1. The maximum absolute atomic E-state index is 11.0. The fourth-order valence-electron chi connectivity index (χ4n) is 0.696. The van der Waals surface area contributed by atoms with Crippen molar-refractivity contribution in [2.45, 2.75) is 6.92 Å². The van der Waals surface area contributed by atoms with Crippen molar-refractivity contribution < 1.29 is 9.21 Å². The number of amides is 1. The lowest BCUT2D eigenvalue weighted by Crippen LogP contribution is -2.34. The molecule has 1 amide bonds. The number of aryl methyl sites for hydroxylation is 1. The highest BCUT2D eigenvalue weighted by molar-refractivity contribution is 5.92. The number of rotatable bonds is 2. The molecule has 0 unspecified atom stereocenters. The molecule has 0 fully saturated rings. The minimum Gasteiger partial charge on any atom is -0.448 e. The van der Waals surface area contributed by atoms with Crippen LogP contribution in [-0.4, -0.2) is 17.9 Å². The molecule has 0 saturated heterocycles. The lowest BCUT2D eigenvalue weighted by Gasteiger charge is -1.98. The first kappa shape index (κ1) is 7.74. The van der Waals surface area contributed by atoms with E-state index in [0.29, 0.717) is 11.5 Å². The fraction of sp³-hybridized carbons (Fsp3) is 0.333. The SMILES string of the molecule is CNNC(=O)c1ncoc1C. The van der Waals surface area contributed by atoms with Crippen LogP contribution < -0.4 is 10.9 Å². The van der Waals surface area contributed by atoms with E-state index in [1.807, 2.05) is 0 Å². The Morgan fingerprint density at radius 2 is 2.45 bits per heavy atom. The number of aromatic nitrogens is 1. The summed E-state index contributed by atoms with van der Waals surface area (Å²) in [5, 5.41) is 0. The maximum Gasteiger partial charge on any atom is 0.287 e. The van der Waals surface area contributed by atoms with E-state index in [4.69, 9.17) is 4.42 Å². The third-order valence-electron chi connectivity index (χ3n) is 1.20. The van der Waals surface area contributed by atoms with E-state index in [2.05, 4.69) is 15.8 Å². The lowest BCUT2D eigenvalue weighted by molar-refractivity contribution is 0.0932. The monoisotopic (exact) mass is 155 g/mol. The second-order valence-corrected chi connectivity index (χ2v) is 1.96. The Hall–Kier alpha value is -1.36. The normalized spacial score (nSPS) is 9.64. The molecule has 11 heavy (non-hydrogen) atoms. The van der Waals surface area contributed by atoms with Crippen molar-refractivity contribution in [1.29, 1.82) is 0 Å².